The molecule has 3 heterocycles. The Morgan fingerprint density at radius 1 is 1.19 bits per heavy atom. The molecule has 36 heavy (non-hydrogen) atoms. The van der Waals surface area contributed by atoms with Gasteiger partial charge in [0, 0.05) is 50.0 Å². The Morgan fingerprint density at radius 2 is 1.92 bits per heavy atom. The molecular weight excluding hydrogens is 468 g/mol. The summed E-state index contributed by atoms with van der Waals surface area (Å²) in [7, 11) is 0. The van der Waals surface area contributed by atoms with E-state index < -0.39 is 24.1 Å². The lowest BCUT2D eigenvalue weighted by atomic mass is 9.79. The van der Waals surface area contributed by atoms with E-state index in [4.69, 9.17) is 9.26 Å². The van der Waals surface area contributed by atoms with E-state index in [-0.39, 0.29) is 17.9 Å². The van der Waals surface area contributed by atoms with Crippen LogP contribution in [-0.2, 0) is 10.2 Å². The second-order valence-electron chi connectivity index (χ2n) is 12.1. The van der Waals surface area contributed by atoms with Crippen LogP contribution in [0.1, 0.15) is 90.3 Å². The lowest BCUT2D eigenvalue weighted by molar-refractivity contribution is -0.138. The van der Waals surface area contributed by atoms with Crippen LogP contribution in [-0.4, -0.2) is 82.4 Å². The molecule has 4 aliphatic rings. The molecule has 0 spiro atoms. The van der Waals surface area contributed by atoms with Crippen molar-refractivity contribution in [3.63, 3.8) is 0 Å². The first-order valence-corrected chi connectivity index (χ1v) is 13.7. The van der Waals surface area contributed by atoms with Gasteiger partial charge in [-0.1, -0.05) is 19.0 Å². The average molecular weight is 510 g/mol. The molecule has 0 radical (unpaired) electrons. The first-order chi connectivity index (χ1) is 17.1. The van der Waals surface area contributed by atoms with Gasteiger partial charge in [-0.2, -0.15) is 4.98 Å². The number of carbonyl (C=O) groups excluding carboxylic acids is 1. The number of urea groups is 1. The molecule has 202 valence electrons. The Bertz CT molecular complexity index is 932. The van der Waals surface area contributed by atoms with Crippen molar-refractivity contribution in [2.75, 3.05) is 26.2 Å². The molecule has 2 saturated heterocycles. The van der Waals surface area contributed by atoms with Crippen molar-refractivity contribution in [2.45, 2.75) is 114 Å². The number of nitrogens with one attached hydrogen (secondary N) is 1. The smallest absolute Gasteiger partial charge is 0.317 e. The van der Waals surface area contributed by atoms with Crippen LogP contribution in [0, 0.1) is 5.92 Å². The van der Waals surface area contributed by atoms with Crippen molar-refractivity contribution >= 4 is 6.03 Å². The fraction of sp³-hybridized carbons (Fsp3) is 0.885. The van der Waals surface area contributed by atoms with Gasteiger partial charge in [-0.3, -0.25) is 4.90 Å². The summed E-state index contributed by atoms with van der Waals surface area (Å²) >= 11 is 0. The third kappa shape index (κ3) is 5.26. The van der Waals surface area contributed by atoms with Gasteiger partial charge in [0.1, 0.15) is 6.04 Å². The predicted octanol–water partition coefficient (Wildman–Crippen LogP) is 4.31. The molecule has 1 N–H and O–H groups in total. The Hall–Kier alpha value is -1.81. The number of alkyl halides is 2. The zero-order valence-corrected chi connectivity index (χ0v) is 22.0. The molecular formula is C26H41F2N5O3. The number of nitrogens with zero attached hydrogens (tertiary/aromatic N) is 4. The van der Waals surface area contributed by atoms with Gasteiger partial charge in [0.25, 0.3) is 5.92 Å². The first kappa shape index (κ1) is 25.8. The standard InChI is InChI=1S/C26H41F2N5O3/c1-16(2)33-11-7-18(15-33)35-20-6-5-8-26(27,28)21(20)29-24(34)32-12-9-25(4,10-13-32)23-30-22(36-31-23)19-14-17(19)3/h16-21H,5-15H2,1-4H3,(H,29,34)/t17-,18-,19+,20-,21+/m0/s1. The number of halogens is 2. The van der Waals surface area contributed by atoms with E-state index in [0.29, 0.717) is 68.4 Å². The molecule has 2 aliphatic heterocycles. The third-order valence-corrected chi connectivity index (χ3v) is 8.94. The maximum absolute atomic E-state index is 15.0. The fourth-order valence-corrected chi connectivity index (χ4v) is 6.01. The van der Waals surface area contributed by atoms with E-state index >= 15 is 8.78 Å². The second-order valence-corrected chi connectivity index (χ2v) is 12.1. The van der Waals surface area contributed by atoms with E-state index in [9.17, 15) is 4.79 Å². The van der Waals surface area contributed by atoms with E-state index in [1.807, 2.05) is 0 Å². The Labute approximate surface area is 212 Å². The summed E-state index contributed by atoms with van der Waals surface area (Å²) in [5.41, 5.74) is -0.290. The largest absolute Gasteiger partial charge is 0.371 e. The molecule has 10 heteroatoms. The number of likely N-dealkylation sites (tertiary alicyclic amines) is 2. The summed E-state index contributed by atoms with van der Waals surface area (Å²) in [5, 5.41) is 6.93. The number of aromatic nitrogens is 2. The number of rotatable bonds is 6. The number of carbonyl (C=O) groups is 1. The van der Waals surface area contributed by atoms with Crippen molar-refractivity contribution in [1.82, 2.24) is 25.3 Å². The second kappa shape index (κ2) is 9.82. The monoisotopic (exact) mass is 509 g/mol. The van der Waals surface area contributed by atoms with Crippen molar-refractivity contribution < 1.29 is 22.8 Å². The lowest BCUT2D eigenvalue weighted by Gasteiger charge is -2.42. The molecule has 0 bridgehead atoms. The fourth-order valence-electron chi connectivity index (χ4n) is 6.01. The molecule has 2 amide bonds. The molecule has 8 nitrogen and oxygen atoms in total. The van der Waals surface area contributed by atoms with Crippen LogP contribution in [0.3, 0.4) is 0 Å². The maximum atomic E-state index is 15.0. The molecule has 2 aliphatic carbocycles. The zero-order chi connectivity index (χ0) is 25.7. The number of ether oxygens (including phenoxy) is 1. The van der Waals surface area contributed by atoms with Gasteiger partial charge in [0.2, 0.25) is 5.89 Å². The van der Waals surface area contributed by atoms with Gasteiger partial charge >= 0.3 is 6.03 Å². The van der Waals surface area contributed by atoms with Crippen molar-refractivity contribution in [2.24, 2.45) is 5.92 Å². The van der Waals surface area contributed by atoms with Crippen LogP contribution in [0.5, 0.6) is 0 Å². The molecule has 5 atom stereocenters. The van der Waals surface area contributed by atoms with E-state index in [1.165, 1.54) is 0 Å². The normalized spacial score (nSPS) is 34.2. The Morgan fingerprint density at radius 3 is 2.56 bits per heavy atom. The minimum absolute atomic E-state index is 0.0696. The highest BCUT2D eigenvalue weighted by molar-refractivity contribution is 5.75. The third-order valence-electron chi connectivity index (χ3n) is 8.94. The summed E-state index contributed by atoms with van der Waals surface area (Å²) in [6.45, 7) is 11.1. The predicted molar refractivity (Wildman–Crippen MR) is 130 cm³/mol. The molecule has 1 aromatic heterocycles. The van der Waals surface area contributed by atoms with Crippen LogP contribution in [0.15, 0.2) is 4.52 Å². The number of piperidine rings is 1. The van der Waals surface area contributed by atoms with Crippen LogP contribution in [0.4, 0.5) is 13.6 Å². The number of hydrogen-bond acceptors (Lipinski definition) is 6. The highest BCUT2D eigenvalue weighted by atomic mass is 19.3. The number of amides is 2. The topological polar surface area (TPSA) is 83.7 Å². The molecule has 5 rings (SSSR count). The van der Waals surface area contributed by atoms with E-state index in [0.717, 1.165) is 25.9 Å². The Balaban J connectivity index is 1.18. The minimum Gasteiger partial charge on any atom is -0.371 e. The van der Waals surface area contributed by atoms with E-state index in [1.54, 1.807) is 4.90 Å². The molecule has 2 saturated carbocycles. The molecule has 4 fully saturated rings. The van der Waals surface area contributed by atoms with Gasteiger partial charge < -0.3 is 19.5 Å². The highest BCUT2D eigenvalue weighted by Crippen LogP contribution is 2.47. The van der Waals surface area contributed by atoms with Gasteiger partial charge in [-0.25, -0.2) is 13.6 Å². The quantitative estimate of drug-likeness (QED) is 0.615. The summed E-state index contributed by atoms with van der Waals surface area (Å²) in [4.78, 5) is 21.7. The molecule has 0 unspecified atom stereocenters. The molecule has 1 aromatic rings. The van der Waals surface area contributed by atoms with Crippen molar-refractivity contribution in [1.29, 1.82) is 0 Å². The summed E-state index contributed by atoms with van der Waals surface area (Å²) in [5.74, 6) is -0.629. The highest BCUT2D eigenvalue weighted by Gasteiger charge is 2.50. The van der Waals surface area contributed by atoms with Crippen molar-refractivity contribution in [3.8, 4) is 0 Å². The van der Waals surface area contributed by atoms with Gasteiger partial charge in [-0.15, -0.1) is 0 Å². The number of hydrogen-bond donors (Lipinski definition) is 1. The van der Waals surface area contributed by atoms with Crippen LogP contribution < -0.4 is 5.32 Å². The Kier molecular flexibility index (Phi) is 7.04. The van der Waals surface area contributed by atoms with Crippen LogP contribution in [0.2, 0.25) is 0 Å². The SMILES string of the molecule is CC(C)N1CC[C@H](O[C@H]2CCCC(F)(F)[C@@H]2NC(=O)N2CCC(C)(c3noc([C@@H]4C[C@@H]4C)n3)CC2)C1. The average Bonchev–Trinajstić information content (AvgIpc) is 3.20. The first-order valence-electron chi connectivity index (χ1n) is 13.7. The van der Waals surface area contributed by atoms with Gasteiger partial charge in [0.05, 0.1) is 12.2 Å². The van der Waals surface area contributed by atoms with Crippen LogP contribution in [0.25, 0.3) is 0 Å². The summed E-state index contributed by atoms with van der Waals surface area (Å²) in [6, 6.07) is -1.34. The van der Waals surface area contributed by atoms with Crippen molar-refractivity contribution in [3.05, 3.63) is 11.7 Å². The van der Waals surface area contributed by atoms with Crippen LogP contribution >= 0.6 is 0 Å². The zero-order valence-electron chi connectivity index (χ0n) is 22.0. The lowest BCUT2D eigenvalue weighted by Crippen LogP contribution is -2.61. The van der Waals surface area contributed by atoms with E-state index in [2.05, 4.69) is 48.1 Å². The maximum Gasteiger partial charge on any atom is 0.317 e. The van der Waals surface area contributed by atoms with Gasteiger partial charge in [0.15, 0.2) is 5.82 Å². The summed E-state index contributed by atoms with van der Waals surface area (Å²) < 4.78 is 41.8. The van der Waals surface area contributed by atoms with Gasteiger partial charge in [-0.05, 0) is 58.3 Å². The summed E-state index contributed by atoms with van der Waals surface area (Å²) in [6.07, 6.45) is 3.21. The minimum atomic E-state index is -2.99. The molecule has 0 aromatic carbocycles.